The highest BCUT2D eigenvalue weighted by atomic mass is 15.0. The maximum atomic E-state index is 2.71. The molecule has 14 aromatic rings. The summed E-state index contributed by atoms with van der Waals surface area (Å²) in [4.78, 5) is 0. The van der Waals surface area contributed by atoms with E-state index in [2.05, 4.69) is 226 Å². The summed E-state index contributed by atoms with van der Waals surface area (Å²) >= 11 is 0. The molecule has 3 aromatic heterocycles. The van der Waals surface area contributed by atoms with Gasteiger partial charge in [0.2, 0.25) is 13.4 Å². The minimum atomic E-state index is -0.00634. The van der Waals surface area contributed by atoms with E-state index in [0.717, 1.165) is 0 Å². The third-order valence-corrected chi connectivity index (χ3v) is 15.3. The summed E-state index contributed by atoms with van der Waals surface area (Å²) in [6.07, 6.45) is 0. The molecule has 0 unspecified atom stereocenters. The lowest BCUT2D eigenvalue weighted by atomic mass is 9.31. The normalized spacial score (nSPS) is 13.2. The van der Waals surface area contributed by atoms with Crippen molar-refractivity contribution in [1.29, 1.82) is 0 Å². The minimum absolute atomic E-state index is 0.00634. The van der Waals surface area contributed by atoms with Gasteiger partial charge in [-0.05, 0) is 91.9 Å². The van der Waals surface area contributed by atoms with Crippen molar-refractivity contribution in [2.24, 2.45) is 0 Å². The van der Waals surface area contributed by atoms with Gasteiger partial charge in [0.25, 0.3) is 0 Å². The fourth-order valence-corrected chi connectivity index (χ4v) is 13.0. The van der Waals surface area contributed by atoms with Crippen LogP contribution in [0.4, 0.5) is 0 Å². The van der Waals surface area contributed by atoms with Crippen LogP contribution in [0, 0.1) is 0 Å². The number of rotatable bonds is 4. The smallest absolute Gasteiger partial charge is 0.247 e. The third-order valence-electron chi connectivity index (χ3n) is 15.3. The van der Waals surface area contributed by atoms with Crippen LogP contribution in [-0.4, -0.2) is 27.1 Å². The molecule has 5 heterocycles. The van der Waals surface area contributed by atoms with Gasteiger partial charge in [-0.25, -0.2) is 0 Å². The Balaban J connectivity index is 1.08. The SMILES string of the molecule is c1ccc(-n2c3ccccc3c3c(B4c5cccc6c5-n5c7c4ccc4c8ccccc8c8ccc(c5c8c47)B6c4cccc5c4c4ccccc4n5-c4ccccc4)cccc32)cc1. The van der Waals surface area contributed by atoms with Crippen LogP contribution in [0.15, 0.2) is 212 Å². The molecule has 0 fully saturated rings. The fourth-order valence-electron chi connectivity index (χ4n) is 13.0. The summed E-state index contributed by atoms with van der Waals surface area (Å²) in [6, 6.07) is 79.9. The summed E-state index contributed by atoms with van der Waals surface area (Å²) in [5, 5.41) is 13.3. The Kier molecular flexibility index (Phi) is 6.45. The average molecular weight is 820 g/mol. The molecular formula is C60H35B2N3. The molecule has 0 amide bonds. The molecule has 0 bridgehead atoms. The Morgan fingerprint density at radius 1 is 0.231 bits per heavy atom. The lowest BCUT2D eigenvalue weighted by Crippen LogP contribution is -2.63. The summed E-state index contributed by atoms with van der Waals surface area (Å²) in [5.74, 6) is 0. The second-order valence-electron chi connectivity index (χ2n) is 18.2. The van der Waals surface area contributed by atoms with Crippen LogP contribution in [0.25, 0.3) is 104 Å². The Labute approximate surface area is 374 Å². The number of para-hydroxylation sites is 5. The number of hydrogen-bond donors (Lipinski definition) is 0. The fraction of sp³-hybridized carbons (Fsp3) is 0. The van der Waals surface area contributed by atoms with Gasteiger partial charge in [0.15, 0.2) is 0 Å². The topological polar surface area (TPSA) is 14.8 Å². The standard InChI is InChI=1S/C60H35B2N3/c1-3-16-36(17-4-1)63-50-28-11-9-22-42(50)54-44(24-14-30-52(54)63)61-46-26-13-27-47-58(46)65-59-48(61)34-32-40-38-20-7-8-21-39(38)41-33-35-49(60(65)57(41)56(40)59)62(47)45-25-15-31-53-55(45)43-23-10-12-29-51(43)64(53)37-18-5-2-6-19-37/h1-35H. The van der Waals surface area contributed by atoms with Gasteiger partial charge in [-0.2, -0.15) is 0 Å². The molecule has 0 saturated heterocycles. The van der Waals surface area contributed by atoms with E-state index in [-0.39, 0.29) is 13.4 Å². The highest BCUT2D eigenvalue weighted by molar-refractivity contribution is 7.03. The zero-order chi connectivity index (χ0) is 42.1. The van der Waals surface area contributed by atoms with Gasteiger partial charge in [-0.15, -0.1) is 0 Å². The van der Waals surface area contributed by atoms with Crippen molar-refractivity contribution in [3.05, 3.63) is 212 Å². The molecule has 0 N–H and O–H groups in total. The summed E-state index contributed by atoms with van der Waals surface area (Å²) in [7, 11) is 0. The Bertz CT molecular complexity index is 4090. The van der Waals surface area contributed by atoms with Crippen LogP contribution in [0.3, 0.4) is 0 Å². The first kappa shape index (κ1) is 34.2. The first-order chi connectivity index (χ1) is 32.3. The van der Waals surface area contributed by atoms with E-state index in [1.165, 1.54) is 137 Å². The van der Waals surface area contributed by atoms with Gasteiger partial charge >= 0.3 is 0 Å². The van der Waals surface area contributed by atoms with E-state index in [9.17, 15) is 0 Å². The van der Waals surface area contributed by atoms with Crippen molar-refractivity contribution in [3.8, 4) is 17.1 Å². The van der Waals surface area contributed by atoms with E-state index in [4.69, 9.17) is 0 Å². The number of benzene rings is 11. The number of fused-ring (bicyclic) bond motifs is 9. The van der Waals surface area contributed by atoms with Crippen LogP contribution in [0.2, 0.25) is 0 Å². The van der Waals surface area contributed by atoms with Gasteiger partial charge in [0.05, 0.1) is 22.1 Å². The first-order valence-electron chi connectivity index (χ1n) is 22.9. The molecule has 0 spiro atoms. The van der Waals surface area contributed by atoms with Crippen LogP contribution in [-0.2, 0) is 0 Å². The Morgan fingerprint density at radius 2 is 0.615 bits per heavy atom. The predicted octanol–water partition coefficient (Wildman–Crippen LogP) is 10.4. The van der Waals surface area contributed by atoms with Crippen molar-refractivity contribution in [3.63, 3.8) is 0 Å². The summed E-state index contributed by atoms with van der Waals surface area (Å²) in [5.41, 5.74) is 19.5. The zero-order valence-electron chi connectivity index (χ0n) is 35.2. The highest BCUT2D eigenvalue weighted by Crippen LogP contribution is 2.45. The molecule has 3 nitrogen and oxygen atoms in total. The molecule has 5 heteroatoms. The second-order valence-corrected chi connectivity index (χ2v) is 18.2. The van der Waals surface area contributed by atoms with Crippen molar-refractivity contribution in [2.45, 2.75) is 0 Å². The van der Waals surface area contributed by atoms with Gasteiger partial charge < -0.3 is 13.7 Å². The molecule has 16 rings (SSSR count). The van der Waals surface area contributed by atoms with Crippen LogP contribution in [0.1, 0.15) is 0 Å². The van der Waals surface area contributed by atoms with Gasteiger partial charge in [0, 0.05) is 60.4 Å². The number of hydrogen-bond acceptors (Lipinski definition) is 0. The van der Waals surface area contributed by atoms with Crippen LogP contribution in [0.5, 0.6) is 0 Å². The Hall–Kier alpha value is -8.27. The molecule has 0 radical (unpaired) electrons. The highest BCUT2D eigenvalue weighted by Gasteiger charge is 2.43. The van der Waals surface area contributed by atoms with Crippen molar-refractivity contribution in [1.82, 2.24) is 13.7 Å². The monoisotopic (exact) mass is 819 g/mol. The molecule has 0 aliphatic carbocycles. The summed E-state index contributed by atoms with van der Waals surface area (Å²) in [6.45, 7) is -0.0127. The second kappa shape index (κ2) is 12.3. The lowest BCUT2D eigenvalue weighted by molar-refractivity contribution is 1.18. The molecule has 296 valence electrons. The largest absolute Gasteiger partial charge is 0.311 e. The quantitative estimate of drug-likeness (QED) is 0.124. The molecule has 11 aromatic carbocycles. The van der Waals surface area contributed by atoms with Crippen LogP contribution >= 0.6 is 0 Å². The van der Waals surface area contributed by atoms with Crippen LogP contribution < -0.4 is 32.8 Å². The minimum Gasteiger partial charge on any atom is -0.311 e. The molecule has 2 aliphatic rings. The van der Waals surface area contributed by atoms with Crippen molar-refractivity contribution < 1.29 is 0 Å². The van der Waals surface area contributed by atoms with E-state index < -0.39 is 0 Å². The molecule has 2 aliphatic heterocycles. The van der Waals surface area contributed by atoms with Gasteiger partial charge in [-0.3, -0.25) is 0 Å². The van der Waals surface area contributed by atoms with Crippen molar-refractivity contribution in [2.75, 3.05) is 0 Å². The maximum Gasteiger partial charge on any atom is 0.247 e. The van der Waals surface area contributed by atoms with E-state index in [1.807, 2.05) is 0 Å². The van der Waals surface area contributed by atoms with Gasteiger partial charge in [-0.1, -0.05) is 175 Å². The molecular weight excluding hydrogens is 784 g/mol. The summed E-state index contributed by atoms with van der Waals surface area (Å²) < 4.78 is 7.64. The number of nitrogens with zero attached hydrogens (tertiary/aromatic N) is 3. The maximum absolute atomic E-state index is 2.71. The number of aromatic nitrogens is 3. The predicted molar refractivity (Wildman–Crippen MR) is 278 cm³/mol. The average Bonchev–Trinajstić information content (AvgIpc) is 4.03. The zero-order valence-corrected chi connectivity index (χ0v) is 35.2. The molecule has 0 atom stereocenters. The van der Waals surface area contributed by atoms with Crippen molar-refractivity contribution >= 4 is 133 Å². The lowest BCUT2D eigenvalue weighted by Gasteiger charge is -2.34. The Morgan fingerprint density at radius 3 is 1.09 bits per heavy atom. The van der Waals surface area contributed by atoms with E-state index in [1.54, 1.807) is 0 Å². The molecule has 65 heavy (non-hydrogen) atoms. The third kappa shape index (κ3) is 4.16. The van der Waals surface area contributed by atoms with Gasteiger partial charge in [0.1, 0.15) is 0 Å². The first-order valence-corrected chi connectivity index (χ1v) is 22.9. The molecule has 0 saturated carbocycles. The van der Waals surface area contributed by atoms with E-state index >= 15 is 0 Å². The van der Waals surface area contributed by atoms with E-state index in [0.29, 0.717) is 0 Å².